The van der Waals surface area contributed by atoms with Gasteiger partial charge in [-0.2, -0.15) is 0 Å². The zero-order valence-corrected chi connectivity index (χ0v) is 24.1. The van der Waals surface area contributed by atoms with Crippen LogP contribution in [0.25, 0.3) is 10.9 Å². The average molecular weight is 622 g/mol. The summed E-state index contributed by atoms with van der Waals surface area (Å²) >= 11 is 6.07. The smallest absolute Gasteiger partial charge is 0.338 e. The minimum Gasteiger partial charge on any atom is -0.454 e. The summed E-state index contributed by atoms with van der Waals surface area (Å²) in [5.41, 5.74) is 1.54. The maximum absolute atomic E-state index is 13.5. The Morgan fingerprint density at radius 2 is 1.60 bits per heavy atom. The lowest BCUT2D eigenvalue weighted by Crippen LogP contribution is -2.29. The Bertz CT molecular complexity index is 2080. The Kier molecular flexibility index (Phi) is 7.53. The molecule has 45 heavy (non-hydrogen) atoms. The number of halogens is 1. The van der Waals surface area contributed by atoms with Crippen LogP contribution in [0.4, 0.5) is 11.4 Å². The number of benzene rings is 4. The summed E-state index contributed by atoms with van der Waals surface area (Å²) < 4.78 is 10.8. The highest BCUT2D eigenvalue weighted by atomic mass is 35.5. The number of hydrogen-bond donors (Lipinski definition) is 0. The fourth-order valence-corrected chi connectivity index (χ4v) is 5.22. The van der Waals surface area contributed by atoms with Crippen LogP contribution in [0, 0.1) is 17.0 Å². The molecule has 4 aromatic carbocycles. The third-order valence-electron chi connectivity index (χ3n) is 7.12. The lowest BCUT2D eigenvalue weighted by atomic mass is 10.0. The highest BCUT2D eigenvalue weighted by Gasteiger charge is 2.40. The Morgan fingerprint density at radius 3 is 2.36 bits per heavy atom. The number of ether oxygens (including phenoxy) is 2. The molecule has 0 saturated heterocycles. The minimum absolute atomic E-state index is 0.0293. The maximum atomic E-state index is 13.5. The molecule has 2 amide bonds. The van der Waals surface area contributed by atoms with Gasteiger partial charge in [0, 0.05) is 17.0 Å². The second-order valence-electron chi connectivity index (χ2n) is 9.93. The number of aromatic nitrogens is 1. The van der Waals surface area contributed by atoms with Gasteiger partial charge in [0.1, 0.15) is 5.75 Å². The van der Waals surface area contributed by atoms with Crippen LogP contribution in [0.2, 0.25) is 5.02 Å². The summed E-state index contributed by atoms with van der Waals surface area (Å²) in [6.07, 6.45) is 0. The Hall–Kier alpha value is -5.94. The fourth-order valence-electron chi connectivity index (χ4n) is 5.01. The van der Waals surface area contributed by atoms with E-state index >= 15 is 0 Å². The normalized spacial score (nSPS) is 12.3. The molecule has 0 radical (unpaired) electrons. The lowest BCUT2D eigenvalue weighted by molar-refractivity contribution is -0.385. The number of carbonyl (C=O) groups is 4. The van der Waals surface area contributed by atoms with Gasteiger partial charge in [-0.3, -0.25) is 29.5 Å². The largest absolute Gasteiger partial charge is 0.454 e. The predicted octanol–water partition coefficient (Wildman–Crippen LogP) is 6.74. The van der Waals surface area contributed by atoms with Crippen LogP contribution >= 0.6 is 11.6 Å². The quantitative estimate of drug-likeness (QED) is 0.0604. The highest BCUT2D eigenvalue weighted by Crippen LogP contribution is 2.38. The minimum atomic E-state index is -0.837. The number of aryl methyl sites for hydroxylation is 1. The van der Waals surface area contributed by atoms with E-state index in [0.717, 1.165) is 4.90 Å². The van der Waals surface area contributed by atoms with Crippen LogP contribution in [0.5, 0.6) is 11.5 Å². The van der Waals surface area contributed by atoms with Gasteiger partial charge in [-0.15, -0.1) is 0 Å². The van der Waals surface area contributed by atoms with Gasteiger partial charge in [-0.25, -0.2) is 9.69 Å². The van der Waals surface area contributed by atoms with E-state index in [1.54, 1.807) is 31.2 Å². The molecule has 222 valence electrons. The van der Waals surface area contributed by atoms with Crippen LogP contribution in [0.3, 0.4) is 0 Å². The summed E-state index contributed by atoms with van der Waals surface area (Å²) in [6, 6.07) is 22.7. The van der Waals surface area contributed by atoms with Crippen molar-refractivity contribution in [3.05, 3.63) is 134 Å². The molecule has 1 aromatic heterocycles. The van der Waals surface area contributed by atoms with Crippen LogP contribution in [-0.4, -0.2) is 40.1 Å². The van der Waals surface area contributed by atoms with Gasteiger partial charge in [-0.1, -0.05) is 41.9 Å². The van der Waals surface area contributed by atoms with Crippen LogP contribution < -0.4 is 9.64 Å². The van der Waals surface area contributed by atoms with Gasteiger partial charge in [0.15, 0.2) is 12.4 Å². The Labute approximate surface area is 259 Å². The molecule has 0 bridgehead atoms. The molecule has 0 saturated carbocycles. The summed E-state index contributed by atoms with van der Waals surface area (Å²) in [5.74, 6) is -2.39. The topological polar surface area (TPSA) is 146 Å². The number of nitrogens with zero attached hydrogens (tertiary/aromatic N) is 3. The van der Waals surface area contributed by atoms with Gasteiger partial charge >= 0.3 is 11.7 Å². The summed E-state index contributed by atoms with van der Waals surface area (Å²) in [7, 11) is 0. The van der Waals surface area contributed by atoms with E-state index in [1.807, 2.05) is 0 Å². The molecule has 2 heterocycles. The summed E-state index contributed by atoms with van der Waals surface area (Å²) in [5, 5.41) is 11.9. The first kappa shape index (κ1) is 29.1. The Morgan fingerprint density at radius 1 is 0.889 bits per heavy atom. The van der Waals surface area contributed by atoms with Gasteiger partial charge in [0.25, 0.3) is 11.8 Å². The van der Waals surface area contributed by atoms with Crippen molar-refractivity contribution in [2.45, 2.75) is 6.92 Å². The average Bonchev–Trinajstić information content (AvgIpc) is 3.31. The third-order valence-corrected chi connectivity index (χ3v) is 7.42. The number of rotatable bonds is 8. The molecule has 12 heteroatoms. The molecule has 0 spiro atoms. The van der Waals surface area contributed by atoms with Crippen molar-refractivity contribution < 1.29 is 33.6 Å². The van der Waals surface area contributed by atoms with Crippen molar-refractivity contribution >= 4 is 57.4 Å². The van der Waals surface area contributed by atoms with Crippen molar-refractivity contribution in [3.63, 3.8) is 0 Å². The number of nitro groups is 1. The number of para-hydroxylation sites is 2. The van der Waals surface area contributed by atoms with E-state index in [0.29, 0.717) is 16.6 Å². The number of Topliss-reactive ketones (excluding diaryl/α,β-unsaturated/α-hetero) is 1. The standard InChI is InChI=1S/C33H20ClN3O8/c1-18-28-29(23-8-2-3-10-25(23)35-18)32(40)36(31(28)39)21-7-4-6-20(16-21)33(41)44-17-27(38)19-12-14-22(15-13-19)45-30-24(34)9-5-11-26(30)37(42)43/h2-16H,17H2,1H3. The number of hydrogen-bond acceptors (Lipinski definition) is 9. The number of fused-ring (bicyclic) bond motifs is 3. The number of nitro benzene ring substituents is 1. The number of anilines is 1. The van der Waals surface area contributed by atoms with Gasteiger partial charge in [-0.05, 0) is 61.5 Å². The lowest BCUT2D eigenvalue weighted by Gasteiger charge is -2.15. The summed E-state index contributed by atoms with van der Waals surface area (Å²) in [6.45, 7) is 1.07. The maximum Gasteiger partial charge on any atom is 0.338 e. The molecule has 0 aliphatic carbocycles. The first-order chi connectivity index (χ1) is 21.6. The van der Waals surface area contributed by atoms with E-state index < -0.39 is 35.1 Å². The zero-order chi connectivity index (χ0) is 31.8. The number of pyridine rings is 1. The molecule has 0 atom stereocenters. The van der Waals surface area contributed by atoms with Crippen LogP contribution in [-0.2, 0) is 4.74 Å². The van der Waals surface area contributed by atoms with Crippen molar-refractivity contribution in [2.24, 2.45) is 0 Å². The molecule has 6 rings (SSSR count). The highest BCUT2D eigenvalue weighted by molar-refractivity contribution is 6.38. The van der Waals surface area contributed by atoms with Crippen molar-refractivity contribution in [1.29, 1.82) is 0 Å². The first-order valence-electron chi connectivity index (χ1n) is 13.4. The van der Waals surface area contributed by atoms with Crippen molar-refractivity contribution in [3.8, 4) is 11.5 Å². The monoisotopic (exact) mass is 621 g/mol. The van der Waals surface area contributed by atoms with Crippen LogP contribution in [0.15, 0.2) is 91.0 Å². The van der Waals surface area contributed by atoms with Crippen LogP contribution in [0.1, 0.15) is 47.1 Å². The van der Waals surface area contributed by atoms with Gasteiger partial charge < -0.3 is 9.47 Å². The second-order valence-corrected chi connectivity index (χ2v) is 10.3. The molecular formula is C33H20ClN3O8. The fraction of sp³-hybridized carbons (Fsp3) is 0.0606. The number of carbonyl (C=O) groups excluding carboxylic acids is 4. The van der Waals surface area contributed by atoms with Gasteiger partial charge in [0.05, 0.1) is 43.5 Å². The molecule has 1 aliphatic rings. The molecule has 5 aromatic rings. The summed E-state index contributed by atoms with van der Waals surface area (Å²) in [4.78, 5) is 68.6. The molecular weight excluding hydrogens is 602 g/mol. The molecule has 0 unspecified atom stereocenters. The number of imide groups is 1. The van der Waals surface area contributed by atoms with E-state index in [4.69, 9.17) is 21.1 Å². The first-order valence-corrected chi connectivity index (χ1v) is 13.8. The van der Waals surface area contributed by atoms with E-state index in [1.165, 1.54) is 66.7 Å². The Balaban J connectivity index is 1.14. The van der Waals surface area contributed by atoms with E-state index in [2.05, 4.69) is 4.98 Å². The van der Waals surface area contributed by atoms with Crippen molar-refractivity contribution in [1.82, 2.24) is 4.98 Å². The number of amides is 2. The predicted molar refractivity (Wildman–Crippen MR) is 163 cm³/mol. The SMILES string of the molecule is Cc1nc2ccccc2c2c1C(=O)N(c1cccc(C(=O)OCC(=O)c3ccc(Oc4c(Cl)cccc4[N+](=O)[O-])cc3)c1)C2=O. The molecule has 0 N–H and O–H groups in total. The zero-order valence-electron chi connectivity index (χ0n) is 23.4. The molecule has 11 nitrogen and oxygen atoms in total. The van der Waals surface area contributed by atoms with Gasteiger partial charge in [0.2, 0.25) is 5.75 Å². The number of ketones is 1. The number of esters is 1. The third kappa shape index (κ3) is 5.36. The van der Waals surface area contributed by atoms with E-state index in [-0.39, 0.29) is 50.2 Å². The molecule has 1 aliphatic heterocycles. The van der Waals surface area contributed by atoms with Crippen molar-refractivity contribution in [2.75, 3.05) is 11.5 Å². The van der Waals surface area contributed by atoms with E-state index in [9.17, 15) is 29.3 Å². The second kappa shape index (κ2) is 11.6. The molecule has 0 fully saturated rings.